The van der Waals surface area contributed by atoms with Crippen LogP contribution in [0.3, 0.4) is 0 Å². The number of nitrogens with one attached hydrogen (secondary N) is 1. The van der Waals surface area contributed by atoms with Gasteiger partial charge in [-0.3, -0.25) is 0 Å². The van der Waals surface area contributed by atoms with Crippen molar-refractivity contribution in [3.8, 4) is 17.0 Å². The number of nitrogen functional groups attached to an aromatic ring is 1. The summed E-state index contributed by atoms with van der Waals surface area (Å²) >= 11 is 0. The monoisotopic (exact) mass is 351 g/mol. The fourth-order valence-electron chi connectivity index (χ4n) is 4.36. The summed E-state index contributed by atoms with van der Waals surface area (Å²) in [4.78, 5) is 4.54. The van der Waals surface area contributed by atoms with E-state index in [2.05, 4.69) is 35.4 Å². The van der Waals surface area contributed by atoms with Crippen molar-refractivity contribution in [3.63, 3.8) is 0 Å². The lowest BCUT2D eigenvalue weighted by molar-refractivity contribution is 0.130. The zero-order valence-corrected chi connectivity index (χ0v) is 15.6. The summed E-state index contributed by atoms with van der Waals surface area (Å²) in [6.07, 6.45) is 7.39. The molecule has 2 atom stereocenters. The van der Waals surface area contributed by atoms with Crippen LogP contribution in [-0.4, -0.2) is 24.2 Å². The van der Waals surface area contributed by atoms with Gasteiger partial charge in [-0.2, -0.15) is 0 Å². The van der Waals surface area contributed by atoms with E-state index in [9.17, 15) is 0 Å². The topological polar surface area (TPSA) is 60.2 Å². The Kier molecular flexibility index (Phi) is 5.11. The Bertz CT molecular complexity index is 768. The Morgan fingerprint density at radius 3 is 2.73 bits per heavy atom. The minimum Gasteiger partial charge on any atom is -0.490 e. The molecule has 1 aromatic heterocycles. The second-order valence-corrected chi connectivity index (χ2v) is 7.65. The molecule has 0 amide bonds. The van der Waals surface area contributed by atoms with Crippen molar-refractivity contribution >= 4 is 5.82 Å². The van der Waals surface area contributed by atoms with Crippen molar-refractivity contribution in [2.75, 3.05) is 18.8 Å². The van der Waals surface area contributed by atoms with E-state index in [1.807, 2.05) is 12.1 Å². The molecule has 26 heavy (non-hydrogen) atoms. The van der Waals surface area contributed by atoms with E-state index >= 15 is 0 Å². The minimum atomic E-state index is 0.241. The number of hydrogen-bond donors (Lipinski definition) is 2. The largest absolute Gasteiger partial charge is 0.490 e. The highest BCUT2D eigenvalue weighted by atomic mass is 16.5. The van der Waals surface area contributed by atoms with Crippen molar-refractivity contribution in [1.82, 2.24) is 10.3 Å². The quantitative estimate of drug-likeness (QED) is 0.875. The van der Waals surface area contributed by atoms with E-state index in [0.29, 0.717) is 11.7 Å². The van der Waals surface area contributed by atoms with Gasteiger partial charge in [-0.1, -0.05) is 6.07 Å². The third-order valence-electron chi connectivity index (χ3n) is 5.85. The maximum atomic E-state index is 6.48. The van der Waals surface area contributed by atoms with Crippen molar-refractivity contribution in [2.24, 2.45) is 5.92 Å². The van der Waals surface area contributed by atoms with Crippen LogP contribution in [-0.2, 0) is 12.8 Å². The second kappa shape index (κ2) is 7.67. The predicted molar refractivity (Wildman–Crippen MR) is 106 cm³/mol. The van der Waals surface area contributed by atoms with E-state index in [1.54, 1.807) is 0 Å². The molecule has 4 heteroatoms. The maximum absolute atomic E-state index is 6.48. The van der Waals surface area contributed by atoms with E-state index in [0.717, 1.165) is 37.4 Å². The molecule has 0 spiro atoms. The number of anilines is 1. The molecule has 138 valence electrons. The van der Waals surface area contributed by atoms with Gasteiger partial charge in [0.15, 0.2) is 0 Å². The minimum absolute atomic E-state index is 0.241. The molecule has 2 aromatic rings. The van der Waals surface area contributed by atoms with Gasteiger partial charge in [-0.25, -0.2) is 4.98 Å². The molecule has 1 saturated heterocycles. The number of hydrogen-bond acceptors (Lipinski definition) is 4. The Labute approximate surface area is 156 Å². The molecule has 1 aliphatic carbocycles. The molecule has 1 fully saturated rings. The van der Waals surface area contributed by atoms with Crippen LogP contribution in [0.2, 0.25) is 0 Å². The number of benzene rings is 1. The van der Waals surface area contributed by atoms with Gasteiger partial charge in [0.1, 0.15) is 11.6 Å². The van der Waals surface area contributed by atoms with Crippen LogP contribution in [0.25, 0.3) is 11.3 Å². The van der Waals surface area contributed by atoms with Gasteiger partial charge in [0, 0.05) is 18.0 Å². The molecule has 1 aromatic carbocycles. The lowest BCUT2D eigenvalue weighted by Gasteiger charge is -2.30. The molecule has 2 unspecified atom stereocenters. The zero-order chi connectivity index (χ0) is 17.9. The average molecular weight is 351 g/mol. The van der Waals surface area contributed by atoms with E-state index in [4.69, 9.17) is 10.5 Å². The van der Waals surface area contributed by atoms with Gasteiger partial charge >= 0.3 is 0 Å². The van der Waals surface area contributed by atoms with Crippen LogP contribution in [0.5, 0.6) is 5.75 Å². The number of pyridine rings is 1. The predicted octanol–water partition coefficient (Wildman–Crippen LogP) is 3.98. The lowest BCUT2D eigenvalue weighted by Crippen LogP contribution is -2.38. The van der Waals surface area contributed by atoms with Gasteiger partial charge in [0.2, 0.25) is 0 Å². The van der Waals surface area contributed by atoms with Crippen LogP contribution in [0.4, 0.5) is 5.82 Å². The summed E-state index contributed by atoms with van der Waals surface area (Å²) in [6, 6.07) is 10.2. The molecular weight excluding hydrogens is 322 g/mol. The molecule has 3 N–H and O–H groups in total. The first kappa shape index (κ1) is 17.3. The third kappa shape index (κ3) is 3.56. The highest BCUT2D eigenvalue weighted by molar-refractivity contribution is 5.69. The highest BCUT2D eigenvalue weighted by Crippen LogP contribution is 2.37. The maximum Gasteiger partial charge on any atom is 0.124 e. The lowest BCUT2D eigenvalue weighted by atomic mass is 9.86. The van der Waals surface area contributed by atoms with E-state index in [1.165, 1.54) is 42.4 Å². The summed E-state index contributed by atoms with van der Waals surface area (Å²) in [7, 11) is 0. The average Bonchev–Trinajstić information content (AvgIpc) is 2.69. The molecule has 0 bridgehead atoms. The molecule has 2 aliphatic rings. The fraction of sp³-hybridized carbons (Fsp3) is 0.500. The van der Waals surface area contributed by atoms with E-state index < -0.39 is 0 Å². The van der Waals surface area contributed by atoms with Gasteiger partial charge in [-0.05, 0) is 87.4 Å². The number of nitrogens with two attached hydrogens (primary N) is 1. The number of fused-ring (bicyclic) bond motifs is 1. The Morgan fingerprint density at radius 1 is 1.12 bits per heavy atom. The van der Waals surface area contributed by atoms with Crippen molar-refractivity contribution < 1.29 is 4.74 Å². The molecule has 0 radical (unpaired) electrons. The number of aromatic nitrogens is 1. The normalized spacial score (nSPS) is 21.0. The Morgan fingerprint density at radius 2 is 1.96 bits per heavy atom. The van der Waals surface area contributed by atoms with Crippen LogP contribution < -0.4 is 15.8 Å². The molecule has 2 heterocycles. The van der Waals surface area contributed by atoms with Crippen LogP contribution in [0, 0.1) is 5.92 Å². The van der Waals surface area contributed by atoms with Crippen LogP contribution >= 0.6 is 0 Å². The standard InChI is InChI=1S/C22H29N3O/c1-15(16-6-5-13-24-14-16)26-21-12-11-18(17-7-2-3-8-19(17)21)20-9-4-10-22(23)25-20/h4,9-12,15-16,24H,2-3,5-8,13-14H2,1H3,(H2,23,25). The first-order valence-electron chi connectivity index (χ1n) is 9.97. The molecule has 0 saturated carbocycles. The number of nitrogens with zero attached hydrogens (tertiary/aromatic N) is 1. The SMILES string of the molecule is CC(Oc1ccc(-c2cccc(N)n2)c2c1CCCC2)C1CCCNC1. The van der Waals surface area contributed by atoms with Crippen molar-refractivity contribution in [2.45, 2.75) is 51.6 Å². The molecule has 4 nitrogen and oxygen atoms in total. The Hall–Kier alpha value is -2.07. The van der Waals surface area contributed by atoms with Crippen molar-refractivity contribution in [3.05, 3.63) is 41.5 Å². The smallest absolute Gasteiger partial charge is 0.124 e. The number of rotatable bonds is 4. The highest BCUT2D eigenvalue weighted by Gasteiger charge is 2.24. The Balaban J connectivity index is 1.64. The van der Waals surface area contributed by atoms with Crippen molar-refractivity contribution in [1.29, 1.82) is 0 Å². The second-order valence-electron chi connectivity index (χ2n) is 7.65. The van der Waals surface area contributed by atoms with Crippen LogP contribution in [0.1, 0.15) is 43.7 Å². The van der Waals surface area contributed by atoms with Gasteiger partial charge in [0.25, 0.3) is 0 Å². The van der Waals surface area contributed by atoms with E-state index in [-0.39, 0.29) is 6.10 Å². The first-order valence-corrected chi connectivity index (χ1v) is 9.97. The summed E-state index contributed by atoms with van der Waals surface area (Å²) < 4.78 is 6.48. The summed E-state index contributed by atoms with van der Waals surface area (Å²) in [5, 5.41) is 3.50. The third-order valence-corrected chi connectivity index (χ3v) is 5.85. The number of piperidine rings is 1. The number of ether oxygens (including phenoxy) is 1. The fourth-order valence-corrected chi connectivity index (χ4v) is 4.36. The molecule has 1 aliphatic heterocycles. The zero-order valence-electron chi connectivity index (χ0n) is 15.6. The van der Waals surface area contributed by atoms with Gasteiger partial charge in [-0.15, -0.1) is 0 Å². The molecule has 4 rings (SSSR count). The summed E-state index contributed by atoms with van der Waals surface area (Å²) in [5.74, 6) is 2.24. The van der Waals surface area contributed by atoms with Gasteiger partial charge < -0.3 is 15.8 Å². The summed E-state index contributed by atoms with van der Waals surface area (Å²) in [5.41, 5.74) is 10.9. The summed E-state index contributed by atoms with van der Waals surface area (Å²) in [6.45, 7) is 4.43. The van der Waals surface area contributed by atoms with Crippen LogP contribution in [0.15, 0.2) is 30.3 Å². The first-order chi connectivity index (χ1) is 12.7. The molecular formula is C22H29N3O. The van der Waals surface area contributed by atoms with Gasteiger partial charge in [0.05, 0.1) is 11.8 Å².